The van der Waals surface area contributed by atoms with Crippen LogP contribution < -0.4 is 0 Å². The fourth-order valence-corrected chi connectivity index (χ4v) is 3.33. The molecule has 0 amide bonds. The third-order valence-corrected chi connectivity index (χ3v) is 5.06. The molecule has 2 aromatic carbocycles. The summed E-state index contributed by atoms with van der Waals surface area (Å²) in [6, 6.07) is 12.8. The van der Waals surface area contributed by atoms with Crippen LogP contribution in [-0.2, 0) is 12.8 Å². The minimum atomic E-state index is -0.125. The Balaban J connectivity index is 1.93. The van der Waals surface area contributed by atoms with Crippen molar-refractivity contribution >= 4 is 23.2 Å². The zero-order valence-electron chi connectivity index (χ0n) is 11.6. The molecule has 1 aliphatic rings. The van der Waals surface area contributed by atoms with Crippen molar-refractivity contribution in [3.63, 3.8) is 0 Å². The third kappa shape index (κ3) is 2.73. The van der Waals surface area contributed by atoms with Crippen LogP contribution in [0.3, 0.4) is 0 Å². The summed E-state index contributed by atoms with van der Waals surface area (Å²) < 4.78 is 0. The zero-order valence-corrected chi connectivity index (χ0v) is 13.1. The van der Waals surface area contributed by atoms with E-state index in [1.54, 1.807) is 0 Å². The molecule has 0 N–H and O–H groups in total. The average molecular weight is 305 g/mol. The third-order valence-electron chi connectivity index (χ3n) is 4.15. The van der Waals surface area contributed by atoms with E-state index in [1.165, 1.54) is 42.4 Å². The van der Waals surface area contributed by atoms with E-state index in [9.17, 15) is 0 Å². The van der Waals surface area contributed by atoms with Crippen LogP contribution in [0.4, 0.5) is 0 Å². The van der Waals surface area contributed by atoms with Gasteiger partial charge in [0.2, 0.25) is 0 Å². The van der Waals surface area contributed by atoms with Gasteiger partial charge in [-0.2, -0.15) is 0 Å². The van der Waals surface area contributed by atoms with E-state index < -0.39 is 0 Å². The normalized spacial score (nSPS) is 15.8. The lowest BCUT2D eigenvalue weighted by Gasteiger charge is -2.19. The highest BCUT2D eigenvalue weighted by Gasteiger charge is 2.15. The second kappa shape index (κ2) is 5.79. The maximum absolute atomic E-state index is 6.64. The lowest BCUT2D eigenvalue weighted by molar-refractivity contribution is 0.684. The number of hydrogen-bond donors (Lipinski definition) is 0. The van der Waals surface area contributed by atoms with E-state index in [1.807, 2.05) is 19.1 Å². The van der Waals surface area contributed by atoms with Gasteiger partial charge in [-0.25, -0.2) is 0 Å². The second-order valence-corrected chi connectivity index (χ2v) is 6.45. The number of alkyl halides is 1. The second-order valence-electron chi connectivity index (χ2n) is 5.61. The Morgan fingerprint density at radius 3 is 2.30 bits per heavy atom. The van der Waals surface area contributed by atoms with Gasteiger partial charge in [0, 0.05) is 5.02 Å². The molecule has 0 spiro atoms. The van der Waals surface area contributed by atoms with Crippen LogP contribution in [0, 0.1) is 6.92 Å². The van der Waals surface area contributed by atoms with Gasteiger partial charge in [-0.05, 0) is 66.5 Å². The summed E-state index contributed by atoms with van der Waals surface area (Å²) in [5, 5.41) is 0.659. The molecule has 0 fully saturated rings. The highest BCUT2D eigenvalue weighted by atomic mass is 35.5. The van der Waals surface area contributed by atoms with Crippen LogP contribution in [0.25, 0.3) is 0 Å². The van der Waals surface area contributed by atoms with Gasteiger partial charge in [-0.15, -0.1) is 11.6 Å². The first-order valence-corrected chi connectivity index (χ1v) is 7.98. The molecule has 0 heterocycles. The lowest BCUT2D eigenvalue weighted by atomic mass is 9.89. The summed E-state index contributed by atoms with van der Waals surface area (Å²) in [4.78, 5) is 0. The number of hydrogen-bond acceptors (Lipinski definition) is 0. The predicted octanol–water partition coefficient (Wildman–Crippen LogP) is 5.86. The van der Waals surface area contributed by atoms with Gasteiger partial charge in [-0.1, -0.05) is 41.9 Å². The van der Waals surface area contributed by atoms with E-state index in [0.29, 0.717) is 0 Å². The van der Waals surface area contributed by atoms with E-state index in [0.717, 1.165) is 16.1 Å². The lowest BCUT2D eigenvalue weighted by Crippen LogP contribution is -2.04. The predicted molar refractivity (Wildman–Crippen MR) is 87.0 cm³/mol. The Morgan fingerprint density at radius 2 is 1.55 bits per heavy atom. The fraction of sp³-hybridized carbons (Fsp3) is 0.333. The van der Waals surface area contributed by atoms with Crippen molar-refractivity contribution in [1.82, 2.24) is 0 Å². The van der Waals surface area contributed by atoms with Crippen molar-refractivity contribution in [1.29, 1.82) is 0 Å². The standard InChI is InChI=1S/C18H18Cl2/c1-12-6-7-16(11-17(12)19)18(20)15-9-8-13-4-2-3-5-14(13)10-15/h6-11,18H,2-5H2,1H3. The zero-order chi connectivity index (χ0) is 14.1. The minimum Gasteiger partial charge on any atom is -0.113 e. The van der Waals surface area contributed by atoms with Gasteiger partial charge < -0.3 is 0 Å². The maximum Gasteiger partial charge on any atom is 0.0836 e. The summed E-state index contributed by atoms with van der Waals surface area (Å²) in [5.41, 5.74) is 6.29. The molecule has 0 aliphatic heterocycles. The first-order chi connectivity index (χ1) is 9.65. The van der Waals surface area contributed by atoms with Crippen LogP contribution in [0.1, 0.15) is 46.0 Å². The molecule has 1 unspecified atom stereocenters. The van der Waals surface area contributed by atoms with E-state index in [-0.39, 0.29) is 5.38 Å². The van der Waals surface area contributed by atoms with Crippen LogP contribution in [0.5, 0.6) is 0 Å². The Hall–Kier alpha value is -0.980. The summed E-state index contributed by atoms with van der Waals surface area (Å²) in [7, 11) is 0. The Bertz CT molecular complexity index is 631. The molecule has 0 bridgehead atoms. The molecule has 0 radical (unpaired) electrons. The van der Waals surface area contributed by atoms with Gasteiger partial charge in [0.25, 0.3) is 0 Å². The van der Waals surface area contributed by atoms with Crippen molar-refractivity contribution < 1.29 is 0 Å². The van der Waals surface area contributed by atoms with Crippen molar-refractivity contribution in [3.8, 4) is 0 Å². The molecule has 0 aromatic heterocycles. The summed E-state index contributed by atoms with van der Waals surface area (Å²) in [6.45, 7) is 2.01. The highest BCUT2D eigenvalue weighted by Crippen LogP contribution is 2.33. The maximum atomic E-state index is 6.64. The van der Waals surface area contributed by atoms with Gasteiger partial charge in [0.15, 0.2) is 0 Å². The Morgan fingerprint density at radius 1 is 0.900 bits per heavy atom. The van der Waals surface area contributed by atoms with Gasteiger partial charge >= 0.3 is 0 Å². The van der Waals surface area contributed by atoms with Crippen LogP contribution in [0.15, 0.2) is 36.4 Å². The van der Waals surface area contributed by atoms with Crippen LogP contribution in [0.2, 0.25) is 5.02 Å². The Kier molecular flexibility index (Phi) is 4.05. The SMILES string of the molecule is Cc1ccc(C(Cl)c2ccc3c(c2)CCCC3)cc1Cl. The molecule has 3 rings (SSSR count). The molecule has 0 saturated heterocycles. The monoisotopic (exact) mass is 304 g/mol. The fourth-order valence-electron chi connectivity index (χ4n) is 2.87. The smallest absolute Gasteiger partial charge is 0.0836 e. The quantitative estimate of drug-likeness (QED) is 0.610. The van der Waals surface area contributed by atoms with E-state index in [4.69, 9.17) is 23.2 Å². The van der Waals surface area contributed by atoms with Crippen molar-refractivity contribution in [3.05, 3.63) is 69.2 Å². The summed E-state index contributed by atoms with van der Waals surface area (Å²) in [5.74, 6) is 0. The molecule has 2 aromatic rings. The van der Waals surface area contributed by atoms with Crippen molar-refractivity contribution in [2.24, 2.45) is 0 Å². The topological polar surface area (TPSA) is 0 Å². The number of benzene rings is 2. The number of halogens is 2. The van der Waals surface area contributed by atoms with Crippen molar-refractivity contribution in [2.75, 3.05) is 0 Å². The molecular formula is C18H18Cl2. The minimum absolute atomic E-state index is 0.125. The molecule has 104 valence electrons. The highest BCUT2D eigenvalue weighted by molar-refractivity contribution is 6.31. The Labute approximate surface area is 130 Å². The first kappa shape index (κ1) is 14.0. The molecule has 1 aliphatic carbocycles. The van der Waals surface area contributed by atoms with E-state index >= 15 is 0 Å². The summed E-state index contributed by atoms with van der Waals surface area (Å²) >= 11 is 12.8. The molecule has 2 heteroatoms. The average Bonchev–Trinajstić information content (AvgIpc) is 2.49. The molecule has 1 atom stereocenters. The molecular weight excluding hydrogens is 287 g/mol. The first-order valence-electron chi connectivity index (χ1n) is 7.17. The van der Waals surface area contributed by atoms with Crippen LogP contribution in [-0.4, -0.2) is 0 Å². The van der Waals surface area contributed by atoms with Gasteiger partial charge in [0.05, 0.1) is 5.38 Å². The van der Waals surface area contributed by atoms with Crippen LogP contribution >= 0.6 is 23.2 Å². The number of rotatable bonds is 2. The summed E-state index contributed by atoms with van der Waals surface area (Å²) in [6.07, 6.45) is 4.99. The molecule has 0 nitrogen and oxygen atoms in total. The van der Waals surface area contributed by atoms with Gasteiger partial charge in [0.1, 0.15) is 0 Å². The van der Waals surface area contributed by atoms with Gasteiger partial charge in [-0.3, -0.25) is 0 Å². The van der Waals surface area contributed by atoms with E-state index in [2.05, 4.69) is 24.3 Å². The largest absolute Gasteiger partial charge is 0.113 e. The molecule has 0 saturated carbocycles. The number of aryl methyl sites for hydroxylation is 3. The number of fused-ring (bicyclic) bond motifs is 1. The van der Waals surface area contributed by atoms with Crippen molar-refractivity contribution in [2.45, 2.75) is 38.0 Å². The molecule has 20 heavy (non-hydrogen) atoms.